The molecule has 1 aliphatic heterocycles. The molecule has 0 aliphatic carbocycles. The Bertz CT molecular complexity index is 280. The van der Waals surface area contributed by atoms with Gasteiger partial charge < -0.3 is 5.32 Å². The molecular formula is C10H17ClN4. The van der Waals surface area contributed by atoms with Crippen molar-refractivity contribution in [3.05, 3.63) is 24.0 Å². The molecule has 1 N–H and O–H groups in total. The van der Waals surface area contributed by atoms with Crippen molar-refractivity contribution in [1.29, 1.82) is 0 Å². The fraction of sp³-hybridized carbons (Fsp3) is 0.600. The molecule has 84 valence electrons. The number of piperazine rings is 1. The highest BCUT2D eigenvalue weighted by atomic mass is 35.5. The Balaban J connectivity index is 0.00000112. The van der Waals surface area contributed by atoms with Gasteiger partial charge in [-0.1, -0.05) is 0 Å². The molecule has 2 rings (SSSR count). The van der Waals surface area contributed by atoms with Gasteiger partial charge in [-0.25, -0.2) is 0 Å². The van der Waals surface area contributed by atoms with Gasteiger partial charge in [0.15, 0.2) is 0 Å². The van der Waals surface area contributed by atoms with E-state index in [0.29, 0.717) is 6.04 Å². The Hall–Kier alpha value is -0.710. The average Bonchev–Trinajstić information content (AvgIpc) is 2.23. The maximum atomic E-state index is 4.10. The quantitative estimate of drug-likeness (QED) is 0.809. The number of nitrogens with zero attached hydrogens (tertiary/aromatic N) is 3. The molecule has 5 heteroatoms. The average molecular weight is 229 g/mol. The first-order chi connectivity index (χ1) is 6.86. The van der Waals surface area contributed by atoms with Crippen molar-refractivity contribution >= 4 is 12.4 Å². The molecule has 0 unspecified atom stereocenters. The number of rotatable bonds is 2. The summed E-state index contributed by atoms with van der Waals surface area (Å²) in [4.78, 5) is 2.43. The summed E-state index contributed by atoms with van der Waals surface area (Å²) in [5, 5.41) is 11.4. The zero-order valence-corrected chi connectivity index (χ0v) is 9.70. The van der Waals surface area contributed by atoms with Crippen LogP contribution in [-0.4, -0.2) is 40.8 Å². The highest BCUT2D eigenvalue weighted by molar-refractivity contribution is 5.85. The molecule has 0 bridgehead atoms. The zero-order chi connectivity index (χ0) is 9.80. The summed E-state index contributed by atoms with van der Waals surface area (Å²) < 4.78 is 0. The molecule has 0 amide bonds. The first-order valence-corrected chi connectivity index (χ1v) is 5.07. The van der Waals surface area contributed by atoms with Gasteiger partial charge in [-0.3, -0.25) is 4.90 Å². The first-order valence-electron chi connectivity index (χ1n) is 5.07. The Kier molecular flexibility index (Phi) is 4.94. The third-order valence-electron chi connectivity index (χ3n) is 2.63. The molecule has 1 atom stereocenters. The number of aromatic nitrogens is 2. The fourth-order valence-electron chi connectivity index (χ4n) is 1.74. The van der Waals surface area contributed by atoms with E-state index in [-0.39, 0.29) is 12.4 Å². The standard InChI is InChI=1S/C10H16N4.ClH/c1-9-7-11-5-6-14(9)8-10-3-2-4-12-13-10;/h2-4,9,11H,5-8H2,1H3;1H/t9-;/m0./s1. The highest BCUT2D eigenvalue weighted by Gasteiger charge is 2.17. The Morgan fingerprint density at radius 2 is 2.47 bits per heavy atom. The molecular weight excluding hydrogens is 212 g/mol. The van der Waals surface area contributed by atoms with Crippen LogP contribution in [0.4, 0.5) is 0 Å². The van der Waals surface area contributed by atoms with Gasteiger partial charge in [-0.05, 0) is 19.1 Å². The lowest BCUT2D eigenvalue weighted by Gasteiger charge is -2.33. The van der Waals surface area contributed by atoms with Gasteiger partial charge in [0.05, 0.1) is 5.69 Å². The van der Waals surface area contributed by atoms with E-state index in [1.807, 2.05) is 12.1 Å². The molecule has 0 aromatic carbocycles. The molecule has 0 saturated carbocycles. The number of hydrogen-bond donors (Lipinski definition) is 1. The van der Waals surface area contributed by atoms with E-state index in [1.54, 1.807) is 6.20 Å². The van der Waals surface area contributed by atoms with E-state index in [2.05, 4.69) is 27.3 Å². The molecule has 1 saturated heterocycles. The molecule has 1 aliphatic rings. The lowest BCUT2D eigenvalue weighted by atomic mass is 10.2. The van der Waals surface area contributed by atoms with Gasteiger partial charge >= 0.3 is 0 Å². The van der Waals surface area contributed by atoms with Gasteiger partial charge in [0.2, 0.25) is 0 Å². The third kappa shape index (κ3) is 3.41. The molecule has 2 heterocycles. The smallest absolute Gasteiger partial charge is 0.0771 e. The van der Waals surface area contributed by atoms with Crippen LogP contribution in [0, 0.1) is 0 Å². The molecule has 1 fully saturated rings. The summed E-state index contributed by atoms with van der Waals surface area (Å²) in [6, 6.07) is 4.56. The van der Waals surface area contributed by atoms with Crippen LogP contribution in [0.5, 0.6) is 0 Å². The van der Waals surface area contributed by atoms with Crippen LogP contribution in [0.2, 0.25) is 0 Å². The summed E-state index contributed by atoms with van der Waals surface area (Å²) in [7, 11) is 0. The van der Waals surface area contributed by atoms with E-state index in [4.69, 9.17) is 0 Å². The second kappa shape index (κ2) is 6.00. The maximum absolute atomic E-state index is 4.10. The monoisotopic (exact) mass is 228 g/mol. The topological polar surface area (TPSA) is 41.0 Å². The lowest BCUT2D eigenvalue weighted by molar-refractivity contribution is 0.163. The Labute approximate surface area is 96.5 Å². The second-order valence-electron chi connectivity index (χ2n) is 3.74. The van der Waals surface area contributed by atoms with E-state index in [1.165, 1.54) is 0 Å². The summed E-state index contributed by atoms with van der Waals surface area (Å²) in [6.45, 7) is 6.39. The van der Waals surface area contributed by atoms with E-state index >= 15 is 0 Å². The summed E-state index contributed by atoms with van der Waals surface area (Å²) >= 11 is 0. The lowest BCUT2D eigenvalue weighted by Crippen LogP contribution is -2.49. The van der Waals surface area contributed by atoms with Gasteiger partial charge in [-0.15, -0.1) is 12.4 Å². The highest BCUT2D eigenvalue weighted by Crippen LogP contribution is 2.06. The van der Waals surface area contributed by atoms with Crippen LogP contribution >= 0.6 is 12.4 Å². The van der Waals surface area contributed by atoms with Crippen LogP contribution in [0.25, 0.3) is 0 Å². The molecule has 1 aromatic rings. The van der Waals surface area contributed by atoms with Crippen molar-refractivity contribution in [1.82, 2.24) is 20.4 Å². The Morgan fingerprint density at radius 1 is 1.60 bits per heavy atom. The predicted molar refractivity (Wildman–Crippen MR) is 62.0 cm³/mol. The van der Waals surface area contributed by atoms with Gasteiger partial charge in [-0.2, -0.15) is 10.2 Å². The number of hydrogen-bond acceptors (Lipinski definition) is 4. The zero-order valence-electron chi connectivity index (χ0n) is 8.89. The number of halogens is 1. The van der Waals surface area contributed by atoms with Gasteiger partial charge in [0, 0.05) is 38.4 Å². The molecule has 15 heavy (non-hydrogen) atoms. The van der Waals surface area contributed by atoms with Crippen molar-refractivity contribution in [2.24, 2.45) is 0 Å². The summed E-state index contributed by atoms with van der Waals surface area (Å²) in [6.07, 6.45) is 1.71. The van der Waals surface area contributed by atoms with Gasteiger partial charge in [0.1, 0.15) is 0 Å². The second-order valence-corrected chi connectivity index (χ2v) is 3.74. The molecule has 4 nitrogen and oxygen atoms in total. The SMILES string of the molecule is C[C@H]1CNCCN1Cc1cccnn1.Cl. The number of nitrogens with one attached hydrogen (secondary N) is 1. The van der Waals surface area contributed by atoms with Crippen molar-refractivity contribution in [3.8, 4) is 0 Å². The minimum atomic E-state index is 0. The van der Waals surface area contributed by atoms with Crippen LogP contribution in [0.1, 0.15) is 12.6 Å². The van der Waals surface area contributed by atoms with E-state index in [0.717, 1.165) is 31.9 Å². The van der Waals surface area contributed by atoms with E-state index in [9.17, 15) is 0 Å². The summed E-state index contributed by atoms with van der Waals surface area (Å²) in [5.41, 5.74) is 1.06. The van der Waals surface area contributed by atoms with Gasteiger partial charge in [0.25, 0.3) is 0 Å². The molecule has 0 radical (unpaired) electrons. The van der Waals surface area contributed by atoms with Crippen molar-refractivity contribution in [2.45, 2.75) is 19.5 Å². The largest absolute Gasteiger partial charge is 0.314 e. The molecule has 0 spiro atoms. The predicted octanol–water partition coefficient (Wildman–Crippen LogP) is 0.692. The van der Waals surface area contributed by atoms with Crippen molar-refractivity contribution in [2.75, 3.05) is 19.6 Å². The Morgan fingerprint density at radius 3 is 3.13 bits per heavy atom. The minimum absolute atomic E-state index is 0. The van der Waals surface area contributed by atoms with Crippen LogP contribution in [0.3, 0.4) is 0 Å². The minimum Gasteiger partial charge on any atom is -0.314 e. The maximum Gasteiger partial charge on any atom is 0.0771 e. The fourth-order valence-corrected chi connectivity index (χ4v) is 1.74. The third-order valence-corrected chi connectivity index (χ3v) is 2.63. The summed E-state index contributed by atoms with van der Waals surface area (Å²) in [5.74, 6) is 0. The van der Waals surface area contributed by atoms with Crippen LogP contribution in [0.15, 0.2) is 18.3 Å². The normalized spacial score (nSPS) is 22.1. The first kappa shape index (κ1) is 12.4. The van der Waals surface area contributed by atoms with E-state index < -0.39 is 0 Å². The van der Waals surface area contributed by atoms with Crippen LogP contribution < -0.4 is 5.32 Å². The van der Waals surface area contributed by atoms with Crippen molar-refractivity contribution in [3.63, 3.8) is 0 Å². The van der Waals surface area contributed by atoms with Crippen LogP contribution in [-0.2, 0) is 6.54 Å². The van der Waals surface area contributed by atoms with Crippen molar-refractivity contribution < 1.29 is 0 Å². The molecule has 1 aromatic heterocycles.